The van der Waals surface area contributed by atoms with E-state index in [0.717, 1.165) is 16.7 Å². The van der Waals surface area contributed by atoms with Gasteiger partial charge in [-0.3, -0.25) is 4.57 Å². The number of hydrogen-bond acceptors (Lipinski definition) is 3. The molecule has 0 spiro atoms. The summed E-state index contributed by atoms with van der Waals surface area (Å²) in [5.41, 5.74) is 3.29. The molecule has 4 rings (SSSR count). The lowest BCUT2D eigenvalue weighted by atomic mass is 10.0. The summed E-state index contributed by atoms with van der Waals surface area (Å²) >= 11 is 0. The van der Waals surface area contributed by atoms with Gasteiger partial charge in [-0.25, -0.2) is 4.39 Å². The predicted molar refractivity (Wildman–Crippen MR) is 98.1 cm³/mol. The monoisotopic (exact) mass is 345 g/mol. The molecule has 0 aliphatic rings. The molecular weight excluding hydrogens is 329 g/mol. The maximum atomic E-state index is 14.3. The van der Waals surface area contributed by atoms with Crippen molar-refractivity contribution in [3.63, 3.8) is 0 Å². The summed E-state index contributed by atoms with van der Waals surface area (Å²) < 4.78 is 15.8. The Hall–Kier alpha value is -3.31. The summed E-state index contributed by atoms with van der Waals surface area (Å²) in [7, 11) is 0. The minimum atomic E-state index is -0.399. The molecule has 1 heterocycles. The van der Waals surface area contributed by atoms with Crippen LogP contribution >= 0.6 is 0 Å². The lowest BCUT2D eigenvalue weighted by Gasteiger charge is -2.11. The summed E-state index contributed by atoms with van der Waals surface area (Å²) in [6.07, 6.45) is 0. The van der Waals surface area contributed by atoms with Crippen LogP contribution in [0.2, 0.25) is 0 Å². The van der Waals surface area contributed by atoms with E-state index in [9.17, 15) is 9.50 Å². The Morgan fingerprint density at radius 2 is 1.35 bits per heavy atom. The van der Waals surface area contributed by atoms with Gasteiger partial charge in [0.2, 0.25) is 0 Å². The lowest BCUT2D eigenvalue weighted by molar-refractivity contribution is 0.268. The molecule has 0 radical (unpaired) electrons. The minimum absolute atomic E-state index is 0.289. The van der Waals surface area contributed by atoms with E-state index in [0.29, 0.717) is 11.5 Å². The Labute approximate surface area is 150 Å². The number of aromatic nitrogens is 3. The van der Waals surface area contributed by atoms with Gasteiger partial charge in [-0.05, 0) is 23.3 Å². The van der Waals surface area contributed by atoms with Crippen molar-refractivity contribution in [2.75, 3.05) is 0 Å². The summed E-state index contributed by atoms with van der Waals surface area (Å²) in [4.78, 5) is 0. The Morgan fingerprint density at radius 1 is 0.731 bits per heavy atom. The maximum Gasteiger partial charge on any atom is 0.168 e. The number of aliphatic hydroxyl groups is 1. The first kappa shape index (κ1) is 16.2. The van der Waals surface area contributed by atoms with Crippen LogP contribution in [0.25, 0.3) is 28.2 Å². The van der Waals surface area contributed by atoms with Crippen molar-refractivity contribution in [2.45, 2.75) is 6.61 Å². The van der Waals surface area contributed by atoms with Crippen LogP contribution in [0.5, 0.6) is 0 Å². The summed E-state index contributed by atoms with van der Waals surface area (Å²) in [6.45, 7) is -0.330. The molecule has 0 saturated carbocycles. The fraction of sp³-hybridized carbons (Fsp3) is 0.0476. The highest BCUT2D eigenvalue weighted by atomic mass is 19.1. The molecule has 0 amide bonds. The van der Waals surface area contributed by atoms with E-state index in [2.05, 4.69) is 10.2 Å². The molecule has 1 N–H and O–H groups in total. The zero-order valence-electron chi connectivity index (χ0n) is 13.9. The number of aliphatic hydroxyl groups excluding tert-OH is 1. The lowest BCUT2D eigenvalue weighted by Crippen LogP contribution is -2.05. The van der Waals surface area contributed by atoms with Crippen LogP contribution in [0.3, 0.4) is 0 Å². The summed E-state index contributed by atoms with van der Waals surface area (Å²) in [5.74, 6) is 0.375. The normalized spacial score (nSPS) is 10.8. The summed E-state index contributed by atoms with van der Waals surface area (Å²) in [5, 5.41) is 17.7. The second-order valence-corrected chi connectivity index (χ2v) is 5.83. The highest BCUT2D eigenvalue weighted by molar-refractivity contribution is 5.68. The molecule has 0 fully saturated rings. The maximum absolute atomic E-state index is 14.3. The van der Waals surface area contributed by atoms with Crippen molar-refractivity contribution >= 4 is 0 Å². The first-order valence-corrected chi connectivity index (χ1v) is 8.24. The van der Waals surface area contributed by atoms with Crippen LogP contribution < -0.4 is 0 Å². The Morgan fingerprint density at radius 3 is 2.04 bits per heavy atom. The standard InChI is InChI=1S/C21H16FN3O/c22-18-8-4-5-9-19(18)25-20(14-26)23-24-21(25)17-12-10-16(11-13-17)15-6-2-1-3-7-15/h1-13,26H,14H2. The Bertz CT molecular complexity index is 1030. The van der Waals surface area contributed by atoms with Crippen LogP contribution in [-0.2, 0) is 6.61 Å². The third-order valence-corrected chi connectivity index (χ3v) is 4.22. The van der Waals surface area contributed by atoms with Crippen LogP contribution in [0, 0.1) is 5.82 Å². The zero-order chi connectivity index (χ0) is 17.9. The molecule has 0 atom stereocenters. The summed E-state index contributed by atoms with van der Waals surface area (Å²) in [6, 6.07) is 24.2. The molecular formula is C21H16FN3O. The molecule has 0 saturated heterocycles. The van der Waals surface area contributed by atoms with Gasteiger partial charge in [-0.2, -0.15) is 0 Å². The highest BCUT2D eigenvalue weighted by Crippen LogP contribution is 2.27. The Balaban J connectivity index is 1.80. The topological polar surface area (TPSA) is 50.9 Å². The average molecular weight is 345 g/mol. The number of halogens is 1. The van der Waals surface area contributed by atoms with Crippen molar-refractivity contribution < 1.29 is 9.50 Å². The molecule has 0 unspecified atom stereocenters. The predicted octanol–water partition coefficient (Wildman–Crippen LogP) is 4.23. The van der Waals surface area contributed by atoms with Gasteiger partial charge in [0.05, 0.1) is 5.69 Å². The van der Waals surface area contributed by atoms with Gasteiger partial charge >= 0.3 is 0 Å². The van der Waals surface area contributed by atoms with Gasteiger partial charge in [-0.1, -0.05) is 66.7 Å². The SMILES string of the molecule is OCc1nnc(-c2ccc(-c3ccccc3)cc2)n1-c1ccccc1F. The van der Waals surface area contributed by atoms with E-state index in [4.69, 9.17) is 0 Å². The minimum Gasteiger partial charge on any atom is -0.388 e. The molecule has 4 nitrogen and oxygen atoms in total. The van der Waals surface area contributed by atoms with Gasteiger partial charge in [0, 0.05) is 5.56 Å². The third-order valence-electron chi connectivity index (χ3n) is 4.22. The number of hydrogen-bond donors (Lipinski definition) is 1. The van der Waals surface area contributed by atoms with Crippen molar-refractivity contribution in [3.8, 4) is 28.2 Å². The molecule has 5 heteroatoms. The Kier molecular flexibility index (Phi) is 4.29. The van der Waals surface area contributed by atoms with Crippen molar-refractivity contribution in [1.29, 1.82) is 0 Å². The van der Waals surface area contributed by atoms with Crippen LogP contribution in [0.15, 0.2) is 78.9 Å². The molecule has 128 valence electrons. The van der Waals surface area contributed by atoms with E-state index >= 15 is 0 Å². The molecule has 0 aliphatic heterocycles. The van der Waals surface area contributed by atoms with Crippen LogP contribution in [0.1, 0.15) is 5.82 Å². The number of benzene rings is 3. The number of rotatable bonds is 4. The first-order chi connectivity index (χ1) is 12.8. The van der Waals surface area contributed by atoms with Crippen molar-refractivity contribution in [1.82, 2.24) is 14.8 Å². The van der Waals surface area contributed by atoms with E-state index in [1.807, 2.05) is 54.6 Å². The van der Waals surface area contributed by atoms with Gasteiger partial charge in [0.25, 0.3) is 0 Å². The van der Waals surface area contributed by atoms with E-state index in [1.165, 1.54) is 6.07 Å². The smallest absolute Gasteiger partial charge is 0.168 e. The van der Waals surface area contributed by atoms with Crippen molar-refractivity contribution in [3.05, 3.63) is 90.5 Å². The molecule has 0 aliphatic carbocycles. The van der Waals surface area contributed by atoms with E-state index < -0.39 is 5.82 Å². The van der Waals surface area contributed by atoms with E-state index in [1.54, 1.807) is 22.8 Å². The van der Waals surface area contributed by atoms with Gasteiger partial charge in [0.15, 0.2) is 11.6 Å². The molecule has 3 aromatic carbocycles. The third kappa shape index (κ3) is 2.89. The fourth-order valence-corrected chi connectivity index (χ4v) is 2.93. The fourth-order valence-electron chi connectivity index (χ4n) is 2.93. The van der Waals surface area contributed by atoms with Crippen LogP contribution in [-0.4, -0.2) is 19.9 Å². The second kappa shape index (κ2) is 6.90. The second-order valence-electron chi connectivity index (χ2n) is 5.83. The number of nitrogens with zero attached hydrogens (tertiary/aromatic N) is 3. The van der Waals surface area contributed by atoms with Gasteiger partial charge in [-0.15, -0.1) is 10.2 Å². The highest BCUT2D eigenvalue weighted by Gasteiger charge is 2.17. The molecule has 1 aromatic heterocycles. The van der Waals surface area contributed by atoms with Gasteiger partial charge in [0.1, 0.15) is 12.4 Å². The molecule has 26 heavy (non-hydrogen) atoms. The first-order valence-electron chi connectivity index (χ1n) is 8.24. The van der Waals surface area contributed by atoms with Crippen LogP contribution in [0.4, 0.5) is 4.39 Å². The number of para-hydroxylation sites is 1. The largest absolute Gasteiger partial charge is 0.388 e. The van der Waals surface area contributed by atoms with Crippen molar-refractivity contribution in [2.24, 2.45) is 0 Å². The average Bonchev–Trinajstić information content (AvgIpc) is 3.13. The molecule has 4 aromatic rings. The van der Waals surface area contributed by atoms with E-state index in [-0.39, 0.29) is 12.4 Å². The quantitative estimate of drug-likeness (QED) is 0.602. The molecule has 0 bridgehead atoms. The van der Waals surface area contributed by atoms with Gasteiger partial charge < -0.3 is 5.11 Å². The zero-order valence-corrected chi connectivity index (χ0v) is 13.9.